The van der Waals surface area contributed by atoms with Crippen molar-refractivity contribution >= 4 is 29.1 Å². The molecule has 0 aliphatic carbocycles. The van der Waals surface area contributed by atoms with Crippen molar-refractivity contribution in [3.8, 4) is 11.4 Å². The molecule has 2 heterocycles. The second-order valence-electron chi connectivity index (χ2n) is 6.63. The van der Waals surface area contributed by atoms with E-state index in [0.29, 0.717) is 5.82 Å². The molecule has 2 N–H and O–H groups in total. The minimum atomic E-state index is -0.851. The van der Waals surface area contributed by atoms with Crippen LogP contribution in [0, 0.1) is 17.0 Å². The van der Waals surface area contributed by atoms with Gasteiger partial charge in [0, 0.05) is 23.4 Å². The van der Waals surface area contributed by atoms with Gasteiger partial charge in [-0.25, -0.2) is 4.68 Å². The summed E-state index contributed by atoms with van der Waals surface area (Å²) in [6.07, 6.45) is -0.182. The molecular formula is C19H16N6O4. The average molecular weight is 392 g/mol. The topological polar surface area (TPSA) is 132 Å². The number of rotatable bonds is 5. The Bertz CT molecular complexity index is 1120. The Morgan fingerprint density at radius 1 is 1.28 bits per heavy atom. The summed E-state index contributed by atoms with van der Waals surface area (Å²) in [4.78, 5) is 39.3. The summed E-state index contributed by atoms with van der Waals surface area (Å²) in [5, 5.41) is 20.4. The minimum absolute atomic E-state index is 0.136. The van der Waals surface area contributed by atoms with Crippen LogP contribution in [0.3, 0.4) is 0 Å². The Kier molecular flexibility index (Phi) is 4.51. The number of aromatic nitrogens is 3. The van der Waals surface area contributed by atoms with Crippen LogP contribution in [-0.2, 0) is 9.59 Å². The minimum Gasteiger partial charge on any atom is -0.326 e. The fraction of sp³-hybridized carbons (Fsp3) is 0.158. The van der Waals surface area contributed by atoms with Crippen molar-refractivity contribution in [2.45, 2.75) is 19.4 Å². The summed E-state index contributed by atoms with van der Waals surface area (Å²) >= 11 is 0. The van der Waals surface area contributed by atoms with E-state index in [0.717, 1.165) is 11.1 Å². The molecule has 3 aromatic rings. The molecule has 29 heavy (non-hydrogen) atoms. The lowest BCUT2D eigenvalue weighted by Crippen LogP contribution is -2.23. The number of nitro benzene ring substituents is 1. The normalized spacial score (nSPS) is 14.9. The molecule has 146 valence electrons. The van der Waals surface area contributed by atoms with Crippen LogP contribution in [0.5, 0.6) is 0 Å². The van der Waals surface area contributed by atoms with Crippen molar-refractivity contribution in [2.75, 3.05) is 10.6 Å². The quantitative estimate of drug-likeness (QED) is 0.507. The maximum atomic E-state index is 12.4. The maximum absolute atomic E-state index is 12.4. The SMILES string of the molecule is Cc1ccc(-c2nc3n(n2)[C@@H](CC(=O)Nc2cccc([N+](=O)[O-])c2)C(=O)N3)cc1. The van der Waals surface area contributed by atoms with Gasteiger partial charge in [-0.3, -0.25) is 25.0 Å². The zero-order valence-corrected chi connectivity index (χ0v) is 15.3. The lowest BCUT2D eigenvalue weighted by molar-refractivity contribution is -0.384. The molecule has 0 saturated heterocycles. The van der Waals surface area contributed by atoms with E-state index in [1.165, 1.54) is 28.9 Å². The number of nitro groups is 1. The van der Waals surface area contributed by atoms with Gasteiger partial charge in [-0.2, -0.15) is 4.98 Å². The Balaban J connectivity index is 1.51. The number of benzene rings is 2. The van der Waals surface area contributed by atoms with E-state index in [-0.39, 0.29) is 29.7 Å². The van der Waals surface area contributed by atoms with Crippen LogP contribution in [-0.4, -0.2) is 31.5 Å². The van der Waals surface area contributed by atoms with Crippen LogP contribution < -0.4 is 10.6 Å². The predicted molar refractivity (Wildman–Crippen MR) is 104 cm³/mol. The molecule has 0 radical (unpaired) electrons. The molecule has 0 fully saturated rings. The standard InChI is InChI=1S/C19H16N6O4/c1-11-5-7-12(8-6-11)17-21-19-22-18(27)15(24(19)23-17)10-16(26)20-13-3-2-4-14(9-13)25(28)29/h2-9,15H,10H2,1H3,(H,20,26)(H,21,22,23,27)/t15-/m0/s1. The van der Waals surface area contributed by atoms with Crippen molar-refractivity contribution < 1.29 is 14.5 Å². The summed E-state index contributed by atoms with van der Waals surface area (Å²) in [6, 6.07) is 12.4. The van der Waals surface area contributed by atoms with Gasteiger partial charge < -0.3 is 5.32 Å². The molecule has 10 heteroatoms. The summed E-state index contributed by atoms with van der Waals surface area (Å²) in [5.41, 5.74) is 2.04. The molecule has 0 unspecified atom stereocenters. The molecule has 0 bridgehead atoms. The van der Waals surface area contributed by atoms with Gasteiger partial charge in [0.15, 0.2) is 5.82 Å². The first-order chi connectivity index (χ1) is 13.9. The number of fused-ring (bicyclic) bond motifs is 1. The van der Waals surface area contributed by atoms with Crippen LogP contribution in [0.15, 0.2) is 48.5 Å². The van der Waals surface area contributed by atoms with Crippen molar-refractivity contribution in [3.63, 3.8) is 0 Å². The fourth-order valence-corrected chi connectivity index (χ4v) is 3.02. The molecule has 2 aromatic carbocycles. The summed E-state index contributed by atoms with van der Waals surface area (Å²) in [7, 11) is 0. The first kappa shape index (κ1) is 18.3. The number of nitrogens with zero attached hydrogens (tertiary/aromatic N) is 4. The highest BCUT2D eigenvalue weighted by Gasteiger charge is 2.35. The maximum Gasteiger partial charge on any atom is 0.271 e. The smallest absolute Gasteiger partial charge is 0.271 e. The molecule has 1 aliphatic heterocycles. The lowest BCUT2D eigenvalue weighted by Gasteiger charge is -2.10. The molecule has 4 rings (SSSR count). The van der Waals surface area contributed by atoms with Crippen molar-refractivity contribution in [2.24, 2.45) is 0 Å². The van der Waals surface area contributed by atoms with Crippen molar-refractivity contribution in [1.82, 2.24) is 14.8 Å². The third-order valence-electron chi connectivity index (χ3n) is 4.49. The average Bonchev–Trinajstić information content (AvgIpc) is 3.21. The summed E-state index contributed by atoms with van der Waals surface area (Å²) < 4.78 is 1.39. The third kappa shape index (κ3) is 3.68. The number of amides is 2. The van der Waals surface area contributed by atoms with Gasteiger partial charge in [0.25, 0.3) is 11.6 Å². The van der Waals surface area contributed by atoms with Gasteiger partial charge in [-0.1, -0.05) is 35.9 Å². The van der Waals surface area contributed by atoms with Gasteiger partial charge in [-0.15, -0.1) is 5.10 Å². The Labute approximate surface area is 164 Å². The number of aryl methyl sites for hydroxylation is 1. The number of hydrogen-bond acceptors (Lipinski definition) is 6. The van der Waals surface area contributed by atoms with Gasteiger partial charge in [0.1, 0.15) is 6.04 Å². The first-order valence-electron chi connectivity index (χ1n) is 8.79. The zero-order chi connectivity index (χ0) is 20.5. The lowest BCUT2D eigenvalue weighted by atomic mass is 10.1. The highest BCUT2D eigenvalue weighted by atomic mass is 16.6. The molecule has 1 aliphatic rings. The Hall–Kier alpha value is -4.08. The summed E-state index contributed by atoms with van der Waals surface area (Å²) in [5.74, 6) is -0.127. The van der Waals surface area contributed by atoms with E-state index in [1.54, 1.807) is 0 Å². The van der Waals surface area contributed by atoms with E-state index >= 15 is 0 Å². The van der Waals surface area contributed by atoms with Crippen LogP contribution in [0.1, 0.15) is 18.0 Å². The van der Waals surface area contributed by atoms with E-state index in [9.17, 15) is 19.7 Å². The Morgan fingerprint density at radius 3 is 2.76 bits per heavy atom. The first-order valence-corrected chi connectivity index (χ1v) is 8.79. The van der Waals surface area contributed by atoms with E-state index in [1.807, 2.05) is 31.2 Å². The van der Waals surface area contributed by atoms with E-state index in [2.05, 4.69) is 20.7 Å². The predicted octanol–water partition coefficient (Wildman–Crippen LogP) is 2.68. The van der Waals surface area contributed by atoms with E-state index < -0.39 is 16.9 Å². The van der Waals surface area contributed by atoms with Gasteiger partial charge in [0.05, 0.1) is 11.3 Å². The Morgan fingerprint density at radius 2 is 2.03 bits per heavy atom. The van der Waals surface area contributed by atoms with Gasteiger partial charge >= 0.3 is 0 Å². The molecule has 0 spiro atoms. The van der Waals surface area contributed by atoms with Gasteiger partial charge in [0.2, 0.25) is 11.9 Å². The molecular weight excluding hydrogens is 376 g/mol. The van der Waals surface area contributed by atoms with Crippen LogP contribution in [0.4, 0.5) is 17.3 Å². The fourth-order valence-electron chi connectivity index (χ4n) is 3.02. The second kappa shape index (κ2) is 7.15. The second-order valence-corrected chi connectivity index (χ2v) is 6.63. The van der Waals surface area contributed by atoms with Crippen LogP contribution in [0.25, 0.3) is 11.4 Å². The number of hydrogen-bond donors (Lipinski definition) is 2. The van der Waals surface area contributed by atoms with Crippen LogP contribution in [0.2, 0.25) is 0 Å². The molecule has 2 amide bonds. The largest absolute Gasteiger partial charge is 0.326 e. The van der Waals surface area contributed by atoms with Crippen molar-refractivity contribution in [1.29, 1.82) is 0 Å². The number of carbonyl (C=O) groups excluding carboxylic acids is 2. The molecule has 0 saturated carbocycles. The highest BCUT2D eigenvalue weighted by molar-refractivity contribution is 6.01. The number of carbonyl (C=O) groups is 2. The third-order valence-corrected chi connectivity index (χ3v) is 4.49. The molecule has 1 atom stereocenters. The summed E-state index contributed by atoms with van der Waals surface area (Å²) in [6.45, 7) is 1.97. The van der Waals surface area contributed by atoms with Gasteiger partial charge in [-0.05, 0) is 13.0 Å². The number of anilines is 2. The molecule has 1 aromatic heterocycles. The van der Waals surface area contributed by atoms with Crippen molar-refractivity contribution in [3.05, 3.63) is 64.2 Å². The number of nitrogens with one attached hydrogen (secondary N) is 2. The number of non-ortho nitro benzene ring substituents is 1. The van der Waals surface area contributed by atoms with E-state index in [4.69, 9.17) is 0 Å². The zero-order valence-electron chi connectivity index (χ0n) is 15.3. The molecule has 10 nitrogen and oxygen atoms in total. The highest BCUT2D eigenvalue weighted by Crippen LogP contribution is 2.28. The van der Waals surface area contributed by atoms with Crippen LogP contribution >= 0.6 is 0 Å². The monoisotopic (exact) mass is 392 g/mol.